The summed E-state index contributed by atoms with van der Waals surface area (Å²) in [7, 11) is 0. The van der Waals surface area contributed by atoms with E-state index in [0.29, 0.717) is 11.8 Å². The lowest BCUT2D eigenvalue weighted by Gasteiger charge is -2.27. The molecule has 0 aliphatic heterocycles. The van der Waals surface area contributed by atoms with Gasteiger partial charge in [0.15, 0.2) is 0 Å². The summed E-state index contributed by atoms with van der Waals surface area (Å²) in [4.78, 5) is 11.9. The van der Waals surface area contributed by atoms with Crippen LogP contribution in [0.25, 0.3) is 0 Å². The van der Waals surface area contributed by atoms with Crippen molar-refractivity contribution >= 4 is 5.91 Å². The van der Waals surface area contributed by atoms with Gasteiger partial charge in [-0.3, -0.25) is 4.79 Å². The highest BCUT2D eigenvalue weighted by Gasteiger charge is 2.25. The Morgan fingerprint density at radius 1 is 1.38 bits per heavy atom. The van der Waals surface area contributed by atoms with Crippen molar-refractivity contribution in [3.8, 4) is 0 Å². The van der Waals surface area contributed by atoms with E-state index >= 15 is 0 Å². The largest absolute Gasteiger partial charge is 0.356 e. The number of hydrogen-bond acceptors (Lipinski definition) is 2. The van der Waals surface area contributed by atoms with E-state index in [2.05, 4.69) is 19.2 Å². The van der Waals surface area contributed by atoms with Crippen molar-refractivity contribution in [2.75, 3.05) is 13.1 Å². The van der Waals surface area contributed by atoms with Gasteiger partial charge in [-0.05, 0) is 44.1 Å². The van der Waals surface area contributed by atoms with Crippen molar-refractivity contribution in [1.29, 1.82) is 0 Å². The van der Waals surface area contributed by atoms with E-state index in [1.807, 2.05) is 0 Å². The first-order chi connectivity index (χ1) is 7.67. The molecule has 0 saturated heterocycles. The second kappa shape index (κ2) is 6.89. The summed E-state index contributed by atoms with van der Waals surface area (Å²) in [5.74, 6) is 1.74. The summed E-state index contributed by atoms with van der Waals surface area (Å²) in [5.41, 5.74) is 5.64. The van der Waals surface area contributed by atoms with E-state index < -0.39 is 0 Å². The summed E-state index contributed by atoms with van der Waals surface area (Å²) in [6.45, 7) is 5.93. The quantitative estimate of drug-likeness (QED) is 0.752. The van der Waals surface area contributed by atoms with Gasteiger partial charge in [0.2, 0.25) is 5.91 Å². The first kappa shape index (κ1) is 13.5. The van der Waals surface area contributed by atoms with Crippen LogP contribution in [0.3, 0.4) is 0 Å². The van der Waals surface area contributed by atoms with Crippen LogP contribution in [0.4, 0.5) is 0 Å². The SMILES string of the molecule is CCC(C)CNC(=O)C1CCC(CN)CC1. The minimum atomic E-state index is 0.242. The highest BCUT2D eigenvalue weighted by molar-refractivity contribution is 5.78. The van der Waals surface area contributed by atoms with Crippen molar-refractivity contribution < 1.29 is 4.79 Å². The normalized spacial score (nSPS) is 27.4. The lowest BCUT2D eigenvalue weighted by molar-refractivity contribution is -0.126. The molecule has 3 N–H and O–H groups in total. The Bertz CT molecular complexity index is 210. The standard InChI is InChI=1S/C13H26N2O/c1-3-10(2)9-15-13(16)12-6-4-11(8-14)5-7-12/h10-12H,3-9,14H2,1-2H3,(H,15,16). The molecule has 1 rings (SSSR count). The molecule has 1 fully saturated rings. The summed E-state index contributed by atoms with van der Waals surface area (Å²) >= 11 is 0. The zero-order valence-electron chi connectivity index (χ0n) is 10.7. The molecule has 1 atom stereocenters. The van der Waals surface area contributed by atoms with Gasteiger partial charge in [0.05, 0.1) is 0 Å². The fraction of sp³-hybridized carbons (Fsp3) is 0.923. The first-order valence-electron chi connectivity index (χ1n) is 6.65. The van der Waals surface area contributed by atoms with Crippen molar-refractivity contribution in [2.24, 2.45) is 23.5 Å². The molecule has 16 heavy (non-hydrogen) atoms. The summed E-state index contributed by atoms with van der Waals surface area (Å²) in [6.07, 6.45) is 5.42. The zero-order valence-corrected chi connectivity index (χ0v) is 10.7. The minimum absolute atomic E-state index is 0.242. The molecule has 0 heterocycles. The average Bonchev–Trinajstić information content (AvgIpc) is 2.35. The van der Waals surface area contributed by atoms with Crippen molar-refractivity contribution in [1.82, 2.24) is 5.32 Å². The van der Waals surface area contributed by atoms with Gasteiger partial charge in [0.25, 0.3) is 0 Å². The molecule has 94 valence electrons. The summed E-state index contributed by atoms with van der Waals surface area (Å²) < 4.78 is 0. The third kappa shape index (κ3) is 4.12. The molecule has 0 aromatic carbocycles. The van der Waals surface area contributed by atoms with E-state index in [9.17, 15) is 4.79 Å². The minimum Gasteiger partial charge on any atom is -0.356 e. The number of carbonyl (C=O) groups is 1. The molecule has 0 bridgehead atoms. The van der Waals surface area contributed by atoms with Gasteiger partial charge in [-0.25, -0.2) is 0 Å². The van der Waals surface area contributed by atoms with E-state index in [0.717, 1.165) is 45.2 Å². The van der Waals surface area contributed by atoms with Crippen molar-refractivity contribution in [3.63, 3.8) is 0 Å². The number of amides is 1. The van der Waals surface area contributed by atoms with Crippen LogP contribution in [0.1, 0.15) is 46.0 Å². The fourth-order valence-corrected chi connectivity index (χ4v) is 2.22. The Kier molecular flexibility index (Phi) is 5.81. The van der Waals surface area contributed by atoms with Crippen LogP contribution in [0.5, 0.6) is 0 Å². The zero-order chi connectivity index (χ0) is 12.0. The highest BCUT2D eigenvalue weighted by atomic mass is 16.1. The molecule has 1 amide bonds. The van der Waals surface area contributed by atoms with Gasteiger partial charge < -0.3 is 11.1 Å². The average molecular weight is 226 g/mol. The Morgan fingerprint density at radius 3 is 2.50 bits per heavy atom. The molecule has 0 radical (unpaired) electrons. The summed E-state index contributed by atoms with van der Waals surface area (Å²) in [6, 6.07) is 0. The molecule has 0 aromatic heterocycles. The van der Waals surface area contributed by atoms with E-state index in [1.165, 1.54) is 0 Å². The molecule has 0 spiro atoms. The van der Waals surface area contributed by atoms with Gasteiger partial charge in [0, 0.05) is 12.5 Å². The lowest BCUT2D eigenvalue weighted by Crippen LogP contribution is -2.36. The lowest BCUT2D eigenvalue weighted by atomic mass is 9.81. The smallest absolute Gasteiger partial charge is 0.223 e. The number of rotatable bonds is 5. The molecule has 0 aromatic rings. The number of nitrogens with two attached hydrogens (primary N) is 1. The highest BCUT2D eigenvalue weighted by Crippen LogP contribution is 2.28. The molecule has 1 unspecified atom stereocenters. The van der Waals surface area contributed by atoms with Crippen LogP contribution >= 0.6 is 0 Å². The second-order valence-corrected chi connectivity index (χ2v) is 5.21. The van der Waals surface area contributed by atoms with Gasteiger partial charge >= 0.3 is 0 Å². The second-order valence-electron chi connectivity index (χ2n) is 5.21. The first-order valence-corrected chi connectivity index (χ1v) is 6.65. The van der Waals surface area contributed by atoms with Crippen LogP contribution in [0.15, 0.2) is 0 Å². The van der Waals surface area contributed by atoms with Crippen LogP contribution < -0.4 is 11.1 Å². The Morgan fingerprint density at radius 2 is 2.00 bits per heavy atom. The maximum atomic E-state index is 11.9. The molecular weight excluding hydrogens is 200 g/mol. The fourth-order valence-electron chi connectivity index (χ4n) is 2.22. The third-order valence-electron chi connectivity index (χ3n) is 3.87. The van der Waals surface area contributed by atoms with Gasteiger partial charge in [-0.2, -0.15) is 0 Å². The van der Waals surface area contributed by atoms with E-state index in [-0.39, 0.29) is 11.8 Å². The molecule has 3 heteroatoms. The van der Waals surface area contributed by atoms with E-state index in [4.69, 9.17) is 5.73 Å². The van der Waals surface area contributed by atoms with Crippen molar-refractivity contribution in [2.45, 2.75) is 46.0 Å². The predicted molar refractivity (Wildman–Crippen MR) is 67.0 cm³/mol. The third-order valence-corrected chi connectivity index (χ3v) is 3.87. The Balaban J connectivity index is 2.22. The van der Waals surface area contributed by atoms with Crippen molar-refractivity contribution in [3.05, 3.63) is 0 Å². The van der Waals surface area contributed by atoms with Crippen LogP contribution in [-0.2, 0) is 4.79 Å². The predicted octanol–water partition coefficient (Wildman–Crippen LogP) is 1.91. The van der Waals surface area contributed by atoms with Crippen LogP contribution in [-0.4, -0.2) is 19.0 Å². The number of hydrogen-bond donors (Lipinski definition) is 2. The topological polar surface area (TPSA) is 55.1 Å². The molecular formula is C13H26N2O. The summed E-state index contributed by atoms with van der Waals surface area (Å²) in [5, 5.41) is 3.07. The van der Waals surface area contributed by atoms with Crippen LogP contribution in [0, 0.1) is 17.8 Å². The molecule has 3 nitrogen and oxygen atoms in total. The molecule has 1 aliphatic rings. The molecule has 1 saturated carbocycles. The van der Waals surface area contributed by atoms with Gasteiger partial charge in [-0.1, -0.05) is 20.3 Å². The van der Waals surface area contributed by atoms with Crippen LogP contribution in [0.2, 0.25) is 0 Å². The van der Waals surface area contributed by atoms with Gasteiger partial charge in [0.1, 0.15) is 0 Å². The maximum absolute atomic E-state index is 11.9. The Labute approximate surface area is 99.2 Å². The number of carbonyl (C=O) groups excluding carboxylic acids is 1. The molecule has 1 aliphatic carbocycles. The van der Waals surface area contributed by atoms with Gasteiger partial charge in [-0.15, -0.1) is 0 Å². The monoisotopic (exact) mass is 226 g/mol. The number of nitrogens with one attached hydrogen (secondary N) is 1. The van der Waals surface area contributed by atoms with E-state index in [1.54, 1.807) is 0 Å². The maximum Gasteiger partial charge on any atom is 0.223 e. The Hall–Kier alpha value is -0.570.